The van der Waals surface area contributed by atoms with Crippen molar-refractivity contribution in [3.63, 3.8) is 0 Å². The fraction of sp³-hybridized carbons (Fsp3) is 0.0909. The van der Waals surface area contributed by atoms with Gasteiger partial charge in [-0.15, -0.1) is 0 Å². The number of nitrogens with two attached hydrogens (primary N) is 1. The van der Waals surface area contributed by atoms with Crippen LogP contribution in [0.5, 0.6) is 0 Å². The first-order valence-electron chi connectivity index (χ1n) is 4.87. The topological polar surface area (TPSA) is 83.8 Å². The molecule has 0 aliphatic carbocycles. The van der Waals surface area contributed by atoms with Crippen molar-refractivity contribution in [2.45, 2.75) is 6.42 Å². The highest BCUT2D eigenvalue weighted by atomic mass is 16.1. The van der Waals surface area contributed by atoms with E-state index >= 15 is 0 Å². The Morgan fingerprint density at radius 2 is 2.31 bits per heavy atom. The SMILES string of the molecule is Nc1ccc(NC(=O)Cc2cc[nH]c2)cn1. The zero-order valence-corrected chi connectivity index (χ0v) is 8.60. The molecule has 4 N–H and O–H groups in total. The molecule has 0 saturated heterocycles. The van der Waals surface area contributed by atoms with E-state index in [0.29, 0.717) is 17.9 Å². The highest BCUT2D eigenvalue weighted by Gasteiger charge is 2.04. The fourth-order valence-electron chi connectivity index (χ4n) is 1.34. The van der Waals surface area contributed by atoms with E-state index in [2.05, 4.69) is 15.3 Å². The summed E-state index contributed by atoms with van der Waals surface area (Å²) >= 11 is 0. The van der Waals surface area contributed by atoms with Crippen LogP contribution < -0.4 is 11.1 Å². The Morgan fingerprint density at radius 3 is 2.94 bits per heavy atom. The molecule has 0 fully saturated rings. The number of aromatic nitrogens is 2. The number of hydrogen-bond acceptors (Lipinski definition) is 3. The number of pyridine rings is 1. The Hall–Kier alpha value is -2.30. The summed E-state index contributed by atoms with van der Waals surface area (Å²) in [6.45, 7) is 0. The first-order valence-corrected chi connectivity index (χ1v) is 4.87. The number of carbonyl (C=O) groups excluding carboxylic acids is 1. The molecule has 0 radical (unpaired) electrons. The number of anilines is 2. The zero-order valence-electron chi connectivity index (χ0n) is 8.60. The maximum atomic E-state index is 11.6. The van der Waals surface area contributed by atoms with E-state index in [0.717, 1.165) is 5.56 Å². The summed E-state index contributed by atoms with van der Waals surface area (Å²) in [5.41, 5.74) is 7.03. The van der Waals surface area contributed by atoms with Gasteiger partial charge in [0, 0.05) is 12.4 Å². The van der Waals surface area contributed by atoms with E-state index in [9.17, 15) is 4.79 Å². The van der Waals surface area contributed by atoms with Crippen molar-refractivity contribution in [1.82, 2.24) is 9.97 Å². The minimum Gasteiger partial charge on any atom is -0.384 e. The van der Waals surface area contributed by atoms with E-state index in [1.54, 1.807) is 24.5 Å². The predicted octanol–water partition coefficient (Wildman–Crippen LogP) is 1.17. The van der Waals surface area contributed by atoms with E-state index in [1.165, 1.54) is 6.20 Å². The monoisotopic (exact) mass is 216 g/mol. The Bertz CT molecular complexity index is 461. The quantitative estimate of drug-likeness (QED) is 0.720. The van der Waals surface area contributed by atoms with Crippen molar-refractivity contribution in [1.29, 1.82) is 0 Å². The Labute approximate surface area is 92.7 Å². The third-order valence-electron chi connectivity index (χ3n) is 2.10. The smallest absolute Gasteiger partial charge is 0.228 e. The molecule has 2 aromatic heterocycles. The van der Waals surface area contributed by atoms with Gasteiger partial charge in [-0.1, -0.05) is 0 Å². The maximum absolute atomic E-state index is 11.6. The number of nitrogen functional groups attached to an aromatic ring is 1. The van der Waals surface area contributed by atoms with Crippen LogP contribution in [0.2, 0.25) is 0 Å². The second-order valence-corrected chi connectivity index (χ2v) is 3.42. The van der Waals surface area contributed by atoms with Gasteiger partial charge in [0.15, 0.2) is 0 Å². The van der Waals surface area contributed by atoms with Crippen molar-refractivity contribution in [2.75, 3.05) is 11.1 Å². The molecule has 2 rings (SSSR count). The summed E-state index contributed by atoms with van der Waals surface area (Å²) < 4.78 is 0. The number of rotatable bonds is 3. The van der Waals surface area contributed by atoms with Crippen molar-refractivity contribution < 1.29 is 4.79 Å². The number of amides is 1. The van der Waals surface area contributed by atoms with Crippen LogP contribution in [-0.4, -0.2) is 15.9 Å². The molecule has 2 aromatic rings. The summed E-state index contributed by atoms with van der Waals surface area (Å²) in [7, 11) is 0. The lowest BCUT2D eigenvalue weighted by Gasteiger charge is -2.03. The van der Waals surface area contributed by atoms with Gasteiger partial charge in [0.2, 0.25) is 5.91 Å². The van der Waals surface area contributed by atoms with Crippen LogP contribution in [0.1, 0.15) is 5.56 Å². The van der Waals surface area contributed by atoms with E-state index in [1.807, 2.05) is 6.07 Å². The molecule has 0 spiro atoms. The van der Waals surface area contributed by atoms with Crippen LogP contribution in [0, 0.1) is 0 Å². The van der Waals surface area contributed by atoms with Gasteiger partial charge >= 0.3 is 0 Å². The zero-order chi connectivity index (χ0) is 11.4. The van der Waals surface area contributed by atoms with Gasteiger partial charge in [-0.2, -0.15) is 0 Å². The molecule has 0 aliphatic rings. The summed E-state index contributed by atoms with van der Waals surface area (Å²) in [6, 6.07) is 5.23. The highest BCUT2D eigenvalue weighted by Crippen LogP contribution is 2.08. The van der Waals surface area contributed by atoms with Crippen LogP contribution in [-0.2, 0) is 11.2 Å². The molecule has 0 bridgehead atoms. The number of nitrogens with zero attached hydrogens (tertiary/aromatic N) is 1. The lowest BCUT2D eigenvalue weighted by atomic mass is 10.2. The minimum atomic E-state index is -0.0776. The highest BCUT2D eigenvalue weighted by molar-refractivity contribution is 5.92. The van der Waals surface area contributed by atoms with Gasteiger partial charge in [0.05, 0.1) is 18.3 Å². The average molecular weight is 216 g/mol. The van der Waals surface area contributed by atoms with Gasteiger partial charge in [0.1, 0.15) is 5.82 Å². The van der Waals surface area contributed by atoms with E-state index in [4.69, 9.17) is 5.73 Å². The summed E-state index contributed by atoms with van der Waals surface area (Å²) in [6.07, 6.45) is 5.45. The number of H-pyrrole nitrogens is 1. The van der Waals surface area contributed by atoms with Crippen molar-refractivity contribution in [2.24, 2.45) is 0 Å². The number of carbonyl (C=O) groups is 1. The van der Waals surface area contributed by atoms with Crippen LogP contribution in [0.25, 0.3) is 0 Å². The average Bonchev–Trinajstić information content (AvgIpc) is 2.74. The van der Waals surface area contributed by atoms with Gasteiger partial charge in [0.25, 0.3) is 0 Å². The second-order valence-electron chi connectivity index (χ2n) is 3.42. The molecule has 82 valence electrons. The number of hydrogen-bond donors (Lipinski definition) is 3. The van der Waals surface area contributed by atoms with Crippen molar-refractivity contribution in [3.8, 4) is 0 Å². The van der Waals surface area contributed by atoms with Crippen LogP contribution in [0.4, 0.5) is 11.5 Å². The maximum Gasteiger partial charge on any atom is 0.228 e. The Morgan fingerprint density at radius 1 is 1.44 bits per heavy atom. The van der Waals surface area contributed by atoms with Crippen molar-refractivity contribution >= 4 is 17.4 Å². The summed E-state index contributed by atoms with van der Waals surface area (Å²) in [5, 5.41) is 2.74. The van der Waals surface area contributed by atoms with E-state index in [-0.39, 0.29) is 5.91 Å². The molecule has 2 heterocycles. The molecular formula is C11H12N4O. The minimum absolute atomic E-state index is 0.0776. The first kappa shape index (κ1) is 10.2. The van der Waals surface area contributed by atoms with E-state index < -0.39 is 0 Å². The van der Waals surface area contributed by atoms with Crippen LogP contribution >= 0.6 is 0 Å². The molecule has 5 heteroatoms. The molecule has 5 nitrogen and oxygen atoms in total. The van der Waals surface area contributed by atoms with Gasteiger partial charge in [-0.3, -0.25) is 4.79 Å². The van der Waals surface area contributed by atoms with Crippen LogP contribution in [0.15, 0.2) is 36.8 Å². The molecule has 16 heavy (non-hydrogen) atoms. The molecule has 0 saturated carbocycles. The normalized spacial score (nSPS) is 10.0. The lowest BCUT2D eigenvalue weighted by Crippen LogP contribution is -2.14. The first-order chi connectivity index (χ1) is 7.74. The van der Waals surface area contributed by atoms with Gasteiger partial charge < -0.3 is 16.0 Å². The van der Waals surface area contributed by atoms with Gasteiger partial charge in [-0.25, -0.2) is 4.98 Å². The number of nitrogens with one attached hydrogen (secondary N) is 2. The van der Waals surface area contributed by atoms with Crippen LogP contribution in [0.3, 0.4) is 0 Å². The molecule has 0 aromatic carbocycles. The Balaban J connectivity index is 1.95. The van der Waals surface area contributed by atoms with Crippen molar-refractivity contribution in [3.05, 3.63) is 42.4 Å². The summed E-state index contributed by atoms with van der Waals surface area (Å²) in [5.74, 6) is 0.356. The standard InChI is InChI=1S/C11H12N4O/c12-10-2-1-9(7-14-10)15-11(16)5-8-3-4-13-6-8/h1-4,6-7,13H,5H2,(H2,12,14)(H,15,16). The molecule has 0 atom stereocenters. The molecule has 0 unspecified atom stereocenters. The molecule has 0 aliphatic heterocycles. The third kappa shape index (κ3) is 2.60. The predicted molar refractivity (Wildman–Crippen MR) is 61.8 cm³/mol. The molecular weight excluding hydrogens is 204 g/mol. The Kier molecular flexibility index (Phi) is 2.86. The summed E-state index contributed by atoms with van der Waals surface area (Å²) in [4.78, 5) is 18.4. The third-order valence-corrected chi connectivity index (χ3v) is 2.10. The fourth-order valence-corrected chi connectivity index (χ4v) is 1.34. The van der Waals surface area contributed by atoms with Gasteiger partial charge in [-0.05, 0) is 23.8 Å². The number of aromatic amines is 1. The largest absolute Gasteiger partial charge is 0.384 e. The second kappa shape index (κ2) is 4.48. The lowest BCUT2D eigenvalue weighted by molar-refractivity contribution is -0.115. The molecule has 1 amide bonds.